The van der Waals surface area contributed by atoms with E-state index in [-0.39, 0.29) is 63.6 Å². The summed E-state index contributed by atoms with van der Waals surface area (Å²) in [6.45, 7) is 1.69. The minimum Gasteiger partial charge on any atom is -0.474 e. The monoisotopic (exact) mass is 621 g/mol. The SMILES string of the molecule is COCCOC1=NC=CN/C1=C(\C=N)Oc1cnc2nc(Nc3cc(C(F)(F)F)n(C4CC5(COC5)C4)n3)n(C)c2c1Cl. The number of pyridine rings is 1. The molecule has 2 aliphatic heterocycles. The van der Waals surface area contributed by atoms with Crippen molar-refractivity contribution in [3.8, 4) is 5.75 Å². The van der Waals surface area contributed by atoms with E-state index in [1.807, 2.05) is 0 Å². The summed E-state index contributed by atoms with van der Waals surface area (Å²) in [5.41, 5.74) is -0.0191. The van der Waals surface area contributed by atoms with Crippen molar-refractivity contribution in [1.29, 1.82) is 5.41 Å². The van der Waals surface area contributed by atoms with Gasteiger partial charge in [0.05, 0.1) is 38.3 Å². The van der Waals surface area contributed by atoms with Crippen LogP contribution in [0.15, 0.2) is 41.1 Å². The maximum absolute atomic E-state index is 13.9. The number of alkyl halides is 3. The summed E-state index contributed by atoms with van der Waals surface area (Å²) in [5, 5.41) is 18.1. The lowest BCUT2D eigenvalue weighted by Gasteiger charge is -2.53. The van der Waals surface area contributed by atoms with Crippen LogP contribution in [0.5, 0.6) is 5.75 Å². The van der Waals surface area contributed by atoms with Crippen LogP contribution in [0.2, 0.25) is 5.02 Å². The first kappa shape index (κ1) is 28.9. The average molecular weight is 622 g/mol. The van der Waals surface area contributed by atoms with Gasteiger partial charge in [-0.05, 0) is 12.8 Å². The molecule has 3 aromatic rings. The topological polar surface area (TPSA) is 146 Å². The number of nitrogens with one attached hydrogen (secondary N) is 3. The number of rotatable bonds is 9. The molecule has 1 saturated heterocycles. The van der Waals surface area contributed by atoms with Crippen molar-refractivity contribution in [3.63, 3.8) is 0 Å². The van der Waals surface area contributed by atoms with Crippen LogP contribution in [0, 0.1) is 10.8 Å². The number of nitrogens with zero attached hydrogens (tertiary/aromatic N) is 6. The molecule has 1 saturated carbocycles. The molecule has 3 N–H and O–H groups in total. The Hall–Kier alpha value is -4.15. The van der Waals surface area contributed by atoms with E-state index in [0.717, 1.165) is 17.0 Å². The van der Waals surface area contributed by atoms with Crippen LogP contribution in [0.1, 0.15) is 24.6 Å². The first-order valence-corrected chi connectivity index (χ1v) is 13.6. The lowest BCUT2D eigenvalue weighted by molar-refractivity contribution is -0.182. The van der Waals surface area contributed by atoms with Crippen molar-refractivity contribution in [3.05, 3.63) is 46.8 Å². The normalized spacial score (nSPS) is 19.0. The Labute approximate surface area is 247 Å². The van der Waals surface area contributed by atoms with Crippen LogP contribution >= 0.6 is 11.6 Å². The van der Waals surface area contributed by atoms with Crippen LogP contribution in [-0.4, -0.2) is 70.0 Å². The lowest BCUT2D eigenvalue weighted by Crippen LogP contribution is -2.53. The molecule has 1 spiro atoms. The Bertz CT molecular complexity index is 1650. The van der Waals surface area contributed by atoms with Gasteiger partial charge in [0.1, 0.15) is 28.5 Å². The number of ether oxygens (including phenoxy) is 4. The zero-order chi connectivity index (χ0) is 30.4. The van der Waals surface area contributed by atoms with Crippen LogP contribution in [0.3, 0.4) is 0 Å². The maximum atomic E-state index is 13.9. The van der Waals surface area contributed by atoms with Crippen molar-refractivity contribution in [2.75, 3.05) is 38.9 Å². The van der Waals surface area contributed by atoms with E-state index in [2.05, 4.69) is 30.7 Å². The number of methoxy groups -OCH3 is 1. The molecule has 1 aliphatic carbocycles. The molecule has 6 rings (SSSR count). The van der Waals surface area contributed by atoms with E-state index in [0.29, 0.717) is 38.2 Å². The van der Waals surface area contributed by atoms with Crippen LogP contribution in [-0.2, 0) is 27.4 Å². The minimum absolute atomic E-state index is 0.0170. The van der Waals surface area contributed by atoms with Gasteiger partial charge in [0.2, 0.25) is 11.8 Å². The smallest absolute Gasteiger partial charge is 0.433 e. The summed E-state index contributed by atoms with van der Waals surface area (Å²) in [6.07, 6.45) is 1.91. The van der Waals surface area contributed by atoms with Gasteiger partial charge in [0.15, 0.2) is 23.0 Å². The number of halogens is 4. The minimum atomic E-state index is -4.58. The van der Waals surface area contributed by atoms with E-state index in [1.54, 1.807) is 20.4 Å². The van der Waals surface area contributed by atoms with Crippen molar-refractivity contribution in [2.24, 2.45) is 17.5 Å². The third-order valence-corrected chi connectivity index (χ3v) is 7.77. The molecule has 0 unspecified atom stereocenters. The molecular weight excluding hydrogens is 595 g/mol. The maximum Gasteiger partial charge on any atom is 0.433 e. The Morgan fingerprint density at radius 2 is 2.12 bits per heavy atom. The number of aliphatic imine (C=N–C) groups is 1. The summed E-state index contributed by atoms with van der Waals surface area (Å²) in [7, 11) is 3.17. The fourth-order valence-corrected chi connectivity index (χ4v) is 5.52. The molecule has 0 aromatic carbocycles. The number of imidazole rings is 1. The highest BCUT2D eigenvalue weighted by Crippen LogP contribution is 2.54. The third kappa shape index (κ3) is 5.41. The molecular formula is C26H27ClF3N9O4. The summed E-state index contributed by atoms with van der Waals surface area (Å²) < 4.78 is 66.1. The van der Waals surface area contributed by atoms with Crippen molar-refractivity contribution >= 4 is 46.6 Å². The molecule has 17 heteroatoms. The molecule has 3 aromatic heterocycles. The van der Waals surface area contributed by atoms with Gasteiger partial charge in [-0.25, -0.2) is 9.98 Å². The Morgan fingerprint density at radius 1 is 1.33 bits per heavy atom. The van der Waals surface area contributed by atoms with Gasteiger partial charge in [-0.3, -0.25) is 4.68 Å². The first-order chi connectivity index (χ1) is 20.6. The van der Waals surface area contributed by atoms with Gasteiger partial charge in [-0.15, -0.1) is 0 Å². The number of fused-ring (bicyclic) bond motifs is 1. The van der Waals surface area contributed by atoms with Gasteiger partial charge in [-0.1, -0.05) is 11.6 Å². The zero-order valence-corrected chi connectivity index (χ0v) is 23.8. The first-order valence-electron chi connectivity index (χ1n) is 13.2. The highest BCUT2D eigenvalue weighted by atomic mass is 35.5. The van der Waals surface area contributed by atoms with Gasteiger partial charge < -0.3 is 39.6 Å². The Balaban J connectivity index is 1.26. The molecule has 0 radical (unpaired) electrons. The number of aromatic nitrogens is 5. The van der Waals surface area contributed by atoms with Crippen LogP contribution in [0.4, 0.5) is 24.9 Å². The fraction of sp³-hybridized carbons (Fsp3) is 0.423. The predicted molar refractivity (Wildman–Crippen MR) is 150 cm³/mol. The van der Waals surface area contributed by atoms with E-state index in [1.165, 1.54) is 17.0 Å². The molecule has 5 heterocycles. The van der Waals surface area contributed by atoms with E-state index >= 15 is 0 Å². The average Bonchev–Trinajstić information content (AvgIpc) is 3.49. The van der Waals surface area contributed by atoms with Gasteiger partial charge in [0, 0.05) is 38.0 Å². The highest BCUT2D eigenvalue weighted by molar-refractivity contribution is 6.36. The summed E-state index contributed by atoms with van der Waals surface area (Å²) >= 11 is 6.70. The fourth-order valence-electron chi connectivity index (χ4n) is 5.23. The predicted octanol–water partition coefficient (Wildman–Crippen LogP) is 4.31. The summed E-state index contributed by atoms with van der Waals surface area (Å²) in [5.74, 6) is 0.483. The number of anilines is 2. The van der Waals surface area contributed by atoms with Gasteiger partial charge in [0.25, 0.3) is 0 Å². The van der Waals surface area contributed by atoms with Crippen LogP contribution < -0.4 is 15.4 Å². The van der Waals surface area contributed by atoms with E-state index < -0.39 is 11.9 Å². The van der Waals surface area contributed by atoms with E-state index in [4.69, 9.17) is 36.0 Å². The van der Waals surface area contributed by atoms with Crippen molar-refractivity contribution in [2.45, 2.75) is 25.1 Å². The third-order valence-electron chi connectivity index (χ3n) is 7.40. The highest BCUT2D eigenvalue weighted by Gasteiger charge is 2.52. The largest absolute Gasteiger partial charge is 0.474 e. The molecule has 228 valence electrons. The summed E-state index contributed by atoms with van der Waals surface area (Å²) in [6, 6.07) is 0.599. The molecule has 0 atom stereocenters. The number of hydrogen-bond acceptors (Lipinski definition) is 11. The molecule has 3 aliphatic rings. The van der Waals surface area contributed by atoms with Crippen molar-refractivity contribution < 1.29 is 32.1 Å². The molecule has 13 nitrogen and oxygen atoms in total. The number of hydrogen-bond donors (Lipinski definition) is 3. The number of aryl methyl sites for hydroxylation is 1. The van der Waals surface area contributed by atoms with Gasteiger partial charge in [-0.2, -0.15) is 23.3 Å². The molecule has 2 fully saturated rings. The Kier molecular flexibility index (Phi) is 7.52. The molecule has 0 amide bonds. The summed E-state index contributed by atoms with van der Waals surface area (Å²) in [4.78, 5) is 12.9. The quantitative estimate of drug-likeness (QED) is 0.181. The van der Waals surface area contributed by atoms with E-state index in [9.17, 15) is 13.2 Å². The molecule has 43 heavy (non-hydrogen) atoms. The second-order valence-electron chi connectivity index (χ2n) is 10.4. The van der Waals surface area contributed by atoms with Crippen molar-refractivity contribution in [1.82, 2.24) is 29.6 Å². The zero-order valence-electron chi connectivity index (χ0n) is 23.0. The standard InChI is InChI=1S/C26H27ClF3N9O4/c1-38-21-19(27)16(43-15(10-31)20-23(33-4-3-32-20)42-6-5-40-2)11-34-22(21)36-24(38)35-18-7-17(26(28,29)30)39(37-18)14-8-25(9-14)12-41-13-25/h3-4,7,10-11,14,31-32H,5-6,8-9,12-13H2,1-2H3,(H,34,35,36,37)/b20-15+,31-10?. The lowest BCUT2D eigenvalue weighted by atomic mass is 9.64. The van der Waals surface area contributed by atoms with Gasteiger partial charge >= 0.3 is 6.18 Å². The molecule has 0 bridgehead atoms. The second-order valence-corrected chi connectivity index (χ2v) is 10.7. The van der Waals surface area contributed by atoms with Crippen LogP contribution in [0.25, 0.3) is 11.2 Å². The number of allylic oxidation sites excluding steroid dienone is 1. The second kappa shape index (κ2) is 11.2. The Morgan fingerprint density at radius 3 is 2.79 bits per heavy atom.